The zero-order valence-corrected chi connectivity index (χ0v) is 10.9. The van der Waals surface area contributed by atoms with Crippen molar-refractivity contribution in [3.8, 4) is 0 Å². The first kappa shape index (κ1) is 12.7. The molecule has 1 unspecified atom stereocenters. The van der Waals surface area contributed by atoms with Gasteiger partial charge in [-0.2, -0.15) is 0 Å². The van der Waals surface area contributed by atoms with Crippen LogP contribution in [0.15, 0.2) is 23.3 Å². The van der Waals surface area contributed by atoms with Crippen LogP contribution in [0.1, 0.15) is 18.0 Å². The first-order valence-corrected chi connectivity index (χ1v) is 7.09. The van der Waals surface area contributed by atoms with E-state index in [2.05, 4.69) is 10.4 Å². The highest BCUT2D eigenvalue weighted by Crippen LogP contribution is 2.40. The van der Waals surface area contributed by atoms with E-state index in [1.807, 2.05) is 6.26 Å². The molecule has 0 saturated carbocycles. The van der Waals surface area contributed by atoms with E-state index in [1.54, 1.807) is 0 Å². The summed E-state index contributed by atoms with van der Waals surface area (Å²) in [6.07, 6.45) is 0.165. The normalized spacial score (nSPS) is 29.2. The van der Waals surface area contributed by atoms with Gasteiger partial charge in [-0.1, -0.05) is 23.9 Å². The van der Waals surface area contributed by atoms with E-state index in [4.69, 9.17) is 0 Å². The lowest BCUT2D eigenvalue weighted by Crippen LogP contribution is -2.38. The van der Waals surface area contributed by atoms with Gasteiger partial charge in [0.2, 0.25) is 0 Å². The molecule has 0 bridgehead atoms. The Morgan fingerprint density at radius 3 is 2.95 bits per heavy atom. The topological polar surface area (TPSA) is 27.6 Å². The second-order valence-corrected chi connectivity index (χ2v) is 5.28. The third kappa shape index (κ3) is 1.96. The standard InChI is InChI=1S/C12H12F3N3S/c1-19-12-16-11-8(14)5-9(18(11)17-12)6-3-2-4-7(13)10(6)15/h2-4,8-9,11H,5H2,1H3,(H,16,17)/t8-,9-,11?/m0/s1. The molecule has 3 atom stereocenters. The number of halogens is 3. The number of hydrogen-bond acceptors (Lipinski definition) is 4. The summed E-state index contributed by atoms with van der Waals surface area (Å²) in [5.74, 6) is -1.84. The first-order chi connectivity index (χ1) is 9.11. The van der Waals surface area contributed by atoms with Crippen molar-refractivity contribution in [2.45, 2.75) is 24.8 Å². The van der Waals surface area contributed by atoms with Crippen LogP contribution >= 0.6 is 11.8 Å². The van der Waals surface area contributed by atoms with Crippen molar-refractivity contribution >= 4 is 16.9 Å². The molecule has 0 amide bonds. The molecule has 2 aliphatic heterocycles. The molecule has 1 aromatic rings. The van der Waals surface area contributed by atoms with Crippen molar-refractivity contribution < 1.29 is 13.2 Å². The van der Waals surface area contributed by atoms with E-state index in [0.29, 0.717) is 5.17 Å². The van der Waals surface area contributed by atoms with Gasteiger partial charge in [-0.15, -0.1) is 5.10 Å². The fourth-order valence-electron chi connectivity index (χ4n) is 2.51. The molecule has 0 aromatic heterocycles. The molecule has 3 nitrogen and oxygen atoms in total. The summed E-state index contributed by atoms with van der Waals surface area (Å²) >= 11 is 1.36. The maximum atomic E-state index is 14.0. The summed E-state index contributed by atoms with van der Waals surface area (Å²) in [5, 5.41) is 9.24. The van der Waals surface area contributed by atoms with Crippen LogP contribution in [0.3, 0.4) is 0 Å². The monoisotopic (exact) mass is 287 g/mol. The Morgan fingerprint density at radius 1 is 1.42 bits per heavy atom. The number of nitrogens with one attached hydrogen (secondary N) is 1. The van der Waals surface area contributed by atoms with Crippen LogP contribution in [-0.2, 0) is 0 Å². The number of benzene rings is 1. The molecule has 0 radical (unpaired) electrons. The van der Waals surface area contributed by atoms with Gasteiger partial charge in [-0.05, 0) is 12.3 Å². The van der Waals surface area contributed by atoms with E-state index in [0.717, 1.165) is 6.07 Å². The second-order valence-electron chi connectivity index (χ2n) is 4.49. The van der Waals surface area contributed by atoms with Gasteiger partial charge < -0.3 is 5.32 Å². The van der Waals surface area contributed by atoms with Gasteiger partial charge in [-0.3, -0.25) is 5.01 Å². The SMILES string of the molecule is CSC1=NN2C(N1)[C@@H](F)C[C@H]2c1cccc(F)c1F. The predicted octanol–water partition coefficient (Wildman–Crippen LogP) is 2.61. The van der Waals surface area contributed by atoms with Gasteiger partial charge in [-0.25, -0.2) is 13.2 Å². The summed E-state index contributed by atoms with van der Waals surface area (Å²) < 4.78 is 41.0. The maximum Gasteiger partial charge on any atom is 0.182 e. The van der Waals surface area contributed by atoms with Crippen LogP contribution in [0.2, 0.25) is 0 Å². The van der Waals surface area contributed by atoms with Gasteiger partial charge in [0.25, 0.3) is 0 Å². The Labute approximate surface area is 112 Å². The minimum absolute atomic E-state index is 0.100. The number of amidine groups is 1. The number of nitrogens with zero attached hydrogens (tertiary/aromatic N) is 2. The Bertz CT molecular complexity index is 537. The maximum absolute atomic E-state index is 14.0. The van der Waals surface area contributed by atoms with Crippen LogP contribution in [0.4, 0.5) is 13.2 Å². The van der Waals surface area contributed by atoms with Crippen LogP contribution in [-0.4, -0.2) is 28.8 Å². The Kier molecular flexibility index (Phi) is 3.08. The minimum Gasteiger partial charge on any atom is -0.339 e. The Balaban J connectivity index is 1.97. The molecule has 0 aliphatic carbocycles. The number of fused-ring (bicyclic) bond motifs is 1. The first-order valence-electron chi connectivity index (χ1n) is 5.87. The minimum atomic E-state index is -1.17. The zero-order chi connectivity index (χ0) is 13.6. The van der Waals surface area contributed by atoms with Crippen molar-refractivity contribution in [2.24, 2.45) is 5.10 Å². The van der Waals surface area contributed by atoms with Crippen LogP contribution < -0.4 is 5.32 Å². The quantitative estimate of drug-likeness (QED) is 0.860. The molecule has 19 heavy (non-hydrogen) atoms. The Morgan fingerprint density at radius 2 is 2.21 bits per heavy atom. The summed E-state index contributed by atoms with van der Waals surface area (Å²) in [5.41, 5.74) is 0.151. The average Bonchev–Trinajstić information content (AvgIpc) is 2.94. The number of rotatable bonds is 1. The number of alkyl halides is 1. The molecule has 1 N–H and O–H groups in total. The van der Waals surface area contributed by atoms with E-state index in [9.17, 15) is 13.2 Å². The molecule has 2 aliphatic rings. The molecule has 7 heteroatoms. The third-order valence-electron chi connectivity index (χ3n) is 3.41. The largest absolute Gasteiger partial charge is 0.339 e. The number of hydrogen-bond donors (Lipinski definition) is 1. The van der Waals surface area contributed by atoms with Crippen molar-refractivity contribution in [3.05, 3.63) is 35.4 Å². The molecule has 1 fully saturated rings. The fourth-order valence-corrected chi connectivity index (χ4v) is 2.92. The molecule has 2 heterocycles. The fraction of sp³-hybridized carbons (Fsp3) is 0.417. The van der Waals surface area contributed by atoms with Crippen molar-refractivity contribution in [1.82, 2.24) is 10.3 Å². The molecular formula is C12H12F3N3S. The summed E-state index contributed by atoms with van der Waals surface area (Å²) in [6.45, 7) is 0. The zero-order valence-electron chi connectivity index (χ0n) is 10.1. The van der Waals surface area contributed by atoms with Crippen molar-refractivity contribution in [3.63, 3.8) is 0 Å². The molecule has 0 spiro atoms. The Hall–Kier alpha value is -1.37. The lowest BCUT2D eigenvalue weighted by molar-refractivity contribution is 0.178. The average molecular weight is 287 g/mol. The highest BCUT2D eigenvalue weighted by Gasteiger charge is 2.46. The summed E-state index contributed by atoms with van der Waals surface area (Å²) in [4.78, 5) is 0. The van der Waals surface area contributed by atoms with Gasteiger partial charge in [0.1, 0.15) is 12.3 Å². The van der Waals surface area contributed by atoms with E-state index in [-0.39, 0.29) is 12.0 Å². The molecule has 1 saturated heterocycles. The second kappa shape index (κ2) is 4.63. The van der Waals surface area contributed by atoms with Crippen molar-refractivity contribution in [2.75, 3.05) is 6.26 Å². The van der Waals surface area contributed by atoms with Crippen molar-refractivity contribution in [1.29, 1.82) is 0 Å². The van der Waals surface area contributed by atoms with Crippen LogP contribution in [0.25, 0.3) is 0 Å². The van der Waals surface area contributed by atoms with Crippen LogP contribution in [0, 0.1) is 11.6 Å². The number of thioether (sulfide) groups is 1. The van der Waals surface area contributed by atoms with Gasteiger partial charge in [0, 0.05) is 12.0 Å². The highest BCUT2D eigenvalue weighted by molar-refractivity contribution is 8.13. The van der Waals surface area contributed by atoms with Gasteiger partial charge in [0.05, 0.1) is 6.04 Å². The molecule has 3 rings (SSSR count). The summed E-state index contributed by atoms with van der Waals surface area (Å²) in [6, 6.07) is 3.38. The molecule has 1 aromatic carbocycles. The third-order valence-corrected chi connectivity index (χ3v) is 3.99. The highest BCUT2D eigenvalue weighted by atomic mass is 32.2. The van der Waals surface area contributed by atoms with E-state index in [1.165, 1.54) is 28.9 Å². The van der Waals surface area contributed by atoms with Crippen LogP contribution in [0.5, 0.6) is 0 Å². The predicted molar refractivity (Wildman–Crippen MR) is 68.3 cm³/mol. The van der Waals surface area contributed by atoms with E-state index < -0.39 is 30.0 Å². The van der Waals surface area contributed by atoms with E-state index >= 15 is 0 Å². The molecule has 102 valence electrons. The molecular weight excluding hydrogens is 275 g/mol. The number of hydrazone groups is 1. The lowest BCUT2D eigenvalue weighted by atomic mass is 10.0. The van der Waals surface area contributed by atoms with Gasteiger partial charge in [0.15, 0.2) is 16.8 Å². The smallest absolute Gasteiger partial charge is 0.182 e. The lowest BCUT2D eigenvalue weighted by Gasteiger charge is -2.22. The summed E-state index contributed by atoms with van der Waals surface area (Å²) in [7, 11) is 0. The van der Waals surface area contributed by atoms with Gasteiger partial charge >= 0.3 is 0 Å².